The Hall–Kier alpha value is -2.72. The van der Waals surface area contributed by atoms with Gasteiger partial charge in [0.25, 0.3) is 0 Å². The molecular formula is C23H20ClN3O. The fourth-order valence-electron chi connectivity index (χ4n) is 4.22. The Bertz CT molecular complexity index is 1050. The number of carbonyl (C=O) groups excluding carboxylic acids is 1. The maximum absolute atomic E-state index is 12.7. The highest BCUT2D eigenvalue weighted by Crippen LogP contribution is 2.33. The van der Waals surface area contributed by atoms with E-state index in [1.807, 2.05) is 24.3 Å². The average Bonchev–Trinajstić information content (AvgIpc) is 2.73. The van der Waals surface area contributed by atoms with Gasteiger partial charge in [-0.15, -0.1) is 0 Å². The zero-order valence-electron chi connectivity index (χ0n) is 15.4. The van der Waals surface area contributed by atoms with Gasteiger partial charge in [-0.05, 0) is 47.6 Å². The van der Waals surface area contributed by atoms with Crippen LogP contribution >= 0.6 is 11.6 Å². The third-order valence-corrected chi connectivity index (χ3v) is 6.03. The first-order chi connectivity index (χ1) is 13.7. The molecule has 1 aliphatic carbocycles. The highest BCUT2D eigenvalue weighted by molar-refractivity contribution is 6.30. The van der Waals surface area contributed by atoms with Crippen LogP contribution in [0, 0.1) is 0 Å². The van der Waals surface area contributed by atoms with Gasteiger partial charge in [0.2, 0.25) is 5.95 Å². The molecule has 1 unspecified atom stereocenters. The topological polar surface area (TPSA) is 46.1 Å². The van der Waals surface area contributed by atoms with E-state index in [-0.39, 0.29) is 11.7 Å². The van der Waals surface area contributed by atoms with Crippen molar-refractivity contribution in [1.82, 2.24) is 9.97 Å². The molecule has 1 aromatic heterocycles. The molecule has 5 rings (SSSR count). The number of nitrogens with zero attached hydrogens (tertiary/aromatic N) is 3. The van der Waals surface area contributed by atoms with Gasteiger partial charge in [-0.1, -0.05) is 48.0 Å². The first-order valence-corrected chi connectivity index (χ1v) is 10.0. The van der Waals surface area contributed by atoms with E-state index in [1.54, 1.807) is 6.20 Å². The highest BCUT2D eigenvalue weighted by atomic mass is 35.5. The molecule has 0 radical (unpaired) electrons. The number of benzene rings is 2. The smallest absolute Gasteiger partial charge is 0.225 e. The van der Waals surface area contributed by atoms with Crippen molar-refractivity contribution in [2.45, 2.75) is 31.7 Å². The second-order valence-corrected chi connectivity index (χ2v) is 7.99. The fraction of sp³-hybridized carbons (Fsp3) is 0.261. The second kappa shape index (κ2) is 7.02. The standard InChI is InChI=1S/C23H20ClN3O/c24-19-7-5-16(6-8-19)18-11-21-20(22(28)12-18)13-25-23(26-21)27-10-9-15-3-1-2-4-17(15)14-27/h1-8,13,18H,9-12,14H2. The number of carbonyl (C=O) groups is 1. The lowest BCUT2D eigenvalue weighted by Crippen LogP contribution is -2.32. The molecule has 0 amide bonds. The lowest BCUT2D eigenvalue weighted by molar-refractivity contribution is 0.0962. The van der Waals surface area contributed by atoms with Gasteiger partial charge in [0.1, 0.15) is 0 Å². The SMILES string of the molecule is O=C1CC(c2ccc(Cl)cc2)Cc2nc(N3CCc4ccccc4C3)ncc21. The normalized spacial score (nSPS) is 18.5. The maximum Gasteiger partial charge on any atom is 0.225 e. The molecule has 2 aliphatic rings. The number of halogens is 1. The minimum Gasteiger partial charge on any atom is -0.336 e. The van der Waals surface area contributed by atoms with Gasteiger partial charge in [-0.3, -0.25) is 4.79 Å². The number of aromatic nitrogens is 2. The number of rotatable bonds is 2. The Kier molecular flexibility index (Phi) is 4.36. The summed E-state index contributed by atoms with van der Waals surface area (Å²) in [4.78, 5) is 24.2. The molecule has 0 fully saturated rings. The Labute approximate surface area is 169 Å². The average molecular weight is 390 g/mol. The van der Waals surface area contributed by atoms with Gasteiger partial charge in [-0.2, -0.15) is 0 Å². The minimum atomic E-state index is 0.122. The van der Waals surface area contributed by atoms with Gasteiger partial charge in [0.15, 0.2) is 5.78 Å². The molecule has 1 atom stereocenters. The number of hydrogen-bond donors (Lipinski definition) is 0. The van der Waals surface area contributed by atoms with Crippen LogP contribution in [0.15, 0.2) is 54.7 Å². The Balaban J connectivity index is 1.43. The lowest BCUT2D eigenvalue weighted by Gasteiger charge is -2.30. The second-order valence-electron chi connectivity index (χ2n) is 7.55. The molecule has 0 saturated heterocycles. The van der Waals surface area contributed by atoms with Crippen molar-refractivity contribution in [3.8, 4) is 0 Å². The van der Waals surface area contributed by atoms with Gasteiger partial charge in [0, 0.05) is 30.7 Å². The maximum atomic E-state index is 12.7. The summed E-state index contributed by atoms with van der Waals surface area (Å²) in [6.45, 7) is 1.70. The summed E-state index contributed by atoms with van der Waals surface area (Å²) in [5, 5.41) is 0.710. The Morgan fingerprint density at radius 2 is 1.79 bits per heavy atom. The Morgan fingerprint density at radius 1 is 1.00 bits per heavy atom. The van der Waals surface area contributed by atoms with Crippen LogP contribution in [0.3, 0.4) is 0 Å². The lowest BCUT2D eigenvalue weighted by atomic mass is 9.82. The van der Waals surface area contributed by atoms with E-state index in [1.165, 1.54) is 11.1 Å². The van der Waals surface area contributed by atoms with Crippen molar-refractivity contribution < 1.29 is 4.79 Å². The predicted molar refractivity (Wildman–Crippen MR) is 110 cm³/mol. The molecule has 0 bridgehead atoms. The summed E-state index contributed by atoms with van der Waals surface area (Å²) >= 11 is 6.01. The highest BCUT2D eigenvalue weighted by Gasteiger charge is 2.29. The molecule has 0 saturated carbocycles. The molecule has 1 aliphatic heterocycles. The summed E-state index contributed by atoms with van der Waals surface area (Å²) in [5.74, 6) is 0.983. The van der Waals surface area contributed by atoms with Crippen LogP contribution < -0.4 is 4.90 Å². The molecule has 0 N–H and O–H groups in total. The van der Waals surface area contributed by atoms with Crippen LogP contribution in [0.4, 0.5) is 5.95 Å². The fourth-order valence-corrected chi connectivity index (χ4v) is 4.35. The summed E-state index contributed by atoms with van der Waals surface area (Å²) in [7, 11) is 0. The number of anilines is 1. The first kappa shape index (κ1) is 17.4. The van der Waals surface area contributed by atoms with Crippen LogP contribution in [0.1, 0.15) is 45.1 Å². The summed E-state index contributed by atoms with van der Waals surface area (Å²) < 4.78 is 0. The van der Waals surface area contributed by atoms with E-state index < -0.39 is 0 Å². The molecule has 2 heterocycles. The quantitative estimate of drug-likeness (QED) is 0.642. The van der Waals surface area contributed by atoms with E-state index in [9.17, 15) is 4.79 Å². The molecule has 3 aromatic rings. The molecule has 140 valence electrons. The zero-order chi connectivity index (χ0) is 19.1. The molecule has 2 aromatic carbocycles. The van der Waals surface area contributed by atoms with E-state index in [4.69, 9.17) is 16.6 Å². The molecule has 28 heavy (non-hydrogen) atoms. The molecule has 4 nitrogen and oxygen atoms in total. The van der Waals surface area contributed by atoms with Crippen LogP contribution in [-0.4, -0.2) is 22.3 Å². The van der Waals surface area contributed by atoms with Crippen LogP contribution in [0.2, 0.25) is 5.02 Å². The Morgan fingerprint density at radius 3 is 2.61 bits per heavy atom. The van der Waals surface area contributed by atoms with E-state index in [0.29, 0.717) is 17.0 Å². The van der Waals surface area contributed by atoms with Crippen molar-refractivity contribution in [2.24, 2.45) is 0 Å². The molecule has 0 spiro atoms. The van der Waals surface area contributed by atoms with Crippen molar-refractivity contribution in [3.63, 3.8) is 0 Å². The van der Waals surface area contributed by atoms with Crippen molar-refractivity contribution in [3.05, 3.63) is 87.7 Å². The summed E-state index contributed by atoms with van der Waals surface area (Å²) in [5.41, 5.74) is 5.39. The third kappa shape index (κ3) is 3.18. The number of Topliss-reactive ketones (excluding diaryl/α,β-unsaturated/α-hetero) is 1. The minimum absolute atomic E-state index is 0.122. The van der Waals surface area contributed by atoms with Crippen LogP contribution in [-0.2, 0) is 19.4 Å². The van der Waals surface area contributed by atoms with Gasteiger partial charge in [0.05, 0.1) is 11.3 Å². The summed E-state index contributed by atoms with van der Waals surface area (Å²) in [6, 6.07) is 16.3. The number of hydrogen-bond acceptors (Lipinski definition) is 4. The predicted octanol–water partition coefficient (Wildman–Crippen LogP) is 4.61. The zero-order valence-corrected chi connectivity index (χ0v) is 16.2. The van der Waals surface area contributed by atoms with Gasteiger partial charge in [-0.25, -0.2) is 9.97 Å². The van der Waals surface area contributed by atoms with Crippen LogP contribution in [0.25, 0.3) is 0 Å². The summed E-state index contributed by atoms with van der Waals surface area (Å²) in [6.07, 6.45) is 3.96. The number of fused-ring (bicyclic) bond motifs is 2. The third-order valence-electron chi connectivity index (χ3n) is 5.78. The van der Waals surface area contributed by atoms with E-state index in [2.05, 4.69) is 34.1 Å². The van der Waals surface area contributed by atoms with E-state index in [0.717, 1.165) is 43.1 Å². The largest absolute Gasteiger partial charge is 0.336 e. The van der Waals surface area contributed by atoms with Gasteiger partial charge < -0.3 is 4.90 Å². The first-order valence-electron chi connectivity index (χ1n) is 9.63. The van der Waals surface area contributed by atoms with E-state index >= 15 is 0 Å². The van der Waals surface area contributed by atoms with Crippen molar-refractivity contribution in [2.75, 3.05) is 11.4 Å². The van der Waals surface area contributed by atoms with Crippen LogP contribution in [0.5, 0.6) is 0 Å². The number of ketones is 1. The van der Waals surface area contributed by atoms with Gasteiger partial charge >= 0.3 is 0 Å². The van der Waals surface area contributed by atoms with Crippen molar-refractivity contribution >= 4 is 23.3 Å². The molecular weight excluding hydrogens is 370 g/mol. The monoisotopic (exact) mass is 389 g/mol. The molecule has 5 heteroatoms. The van der Waals surface area contributed by atoms with Crippen molar-refractivity contribution in [1.29, 1.82) is 0 Å².